The lowest BCUT2D eigenvalue weighted by Crippen LogP contribution is -2.13. The zero-order valence-electron chi connectivity index (χ0n) is 10.9. The Bertz CT molecular complexity index is 494. The summed E-state index contributed by atoms with van der Waals surface area (Å²) in [5.41, 5.74) is 0. The molecule has 0 spiro atoms. The van der Waals surface area contributed by atoms with Crippen molar-refractivity contribution in [2.45, 2.75) is 0 Å². The van der Waals surface area contributed by atoms with Crippen molar-refractivity contribution in [2.24, 2.45) is 0 Å². The van der Waals surface area contributed by atoms with Crippen LogP contribution in [0.25, 0.3) is 0 Å². The van der Waals surface area contributed by atoms with E-state index in [1.54, 1.807) is 6.07 Å². The van der Waals surface area contributed by atoms with Crippen molar-refractivity contribution in [3.05, 3.63) is 6.07 Å². The number of anilines is 1. The van der Waals surface area contributed by atoms with Gasteiger partial charge in [0.1, 0.15) is 5.82 Å². The van der Waals surface area contributed by atoms with Gasteiger partial charge in [0, 0.05) is 32.2 Å². The highest BCUT2D eigenvalue weighted by Gasteiger charge is 2.48. The Kier molecular flexibility index (Phi) is 3.08. The SMILES string of the molecule is COc1cc(NP(=O)(N2CC2)N2CC2)nc(OC)n1. The molecule has 0 atom stereocenters. The predicted octanol–water partition coefficient (Wildman–Crippen LogP) is 0.645. The van der Waals surface area contributed by atoms with Crippen LogP contribution in [0.2, 0.25) is 0 Å². The van der Waals surface area contributed by atoms with Crippen LogP contribution >= 0.6 is 7.59 Å². The molecule has 1 N–H and O–H groups in total. The van der Waals surface area contributed by atoms with Crippen molar-refractivity contribution in [3.63, 3.8) is 0 Å². The lowest BCUT2D eigenvalue weighted by molar-refractivity contribution is 0.353. The number of rotatable bonds is 6. The van der Waals surface area contributed by atoms with E-state index in [0.717, 1.165) is 26.2 Å². The van der Waals surface area contributed by atoms with Gasteiger partial charge in [-0.3, -0.25) is 9.65 Å². The number of aromatic nitrogens is 2. The van der Waals surface area contributed by atoms with E-state index in [4.69, 9.17) is 9.47 Å². The van der Waals surface area contributed by atoms with Crippen molar-refractivity contribution in [2.75, 3.05) is 45.5 Å². The van der Waals surface area contributed by atoms with Gasteiger partial charge in [0.25, 0.3) is 0 Å². The van der Waals surface area contributed by atoms with Crippen LogP contribution < -0.4 is 14.6 Å². The summed E-state index contributed by atoms with van der Waals surface area (Å²) in [6, 6.07) is 1.80. The highest BCUT2D eigenvalue weighted by Crippen LogP contribution is 2.59. The van der Waals surface area contributed by atoms with E-state index in [0.29, 0.717) is 11.7 Å². The fraction of sp³-hybridized carbons (Fsp3) is 0.600. The first-order chi connectivity index (χ1) is 9.15. The van der Waals surface area contributed by atoms with Crippen molar-refractivity contribution in [1.82, 2.24) is 19.3 Å². The molecule has 0 aliphatic carbocycles. The zero-order chi connectivity index (χ0) is 13.5. The van der Waals surface area contributed by atoms with E-state index >= 15 is 0 Å². The van der Waals surface area contributed by atoms with Gasteiger partial charge in [0.15, 0.2) is 0 Å². The molecule has 9 heteroatoms. The molecular formula is C10H16N5O3P. The summed E-state index contributed by atoms with van der Waals surface area (Å²) in [6.07, 6.45) is 0. The van der Waals surface area contributed by atoms with E-state index in [-0.39, 0.29) is 6.01 Å². The second-order valence-corrected chi connectivity index (χ2v) is 6.79. The number of ether oxygens (including phenoxy) is 2. The van der Waals surface area contributed by atoms with Gasteiger partial charge >= 0.3 is 13.6 Å². The quantitative estimate of drug-likeness (QED) is 0.602. The van der Waals surface area contributed by atoms with Crippen LogP contribution in [0.3, 0.4) is 0 Å². The van der Waals surface area contributed by atoms with Crippen LogP contribution in [0.1, 0.15) is 0 Å². The fourth-order valence-corrected chi connectivity index (χ4v) is 4.07. The number of hydrogen-bond donors (Lipinski definition) is 1. The van der Waals surface area contributed by atoms with Gasteiger partial charge < -0.3 is 9.47 Å². The largest absolute Gasteiger partial charge is 0.481 e. The van der Waals surface area contributed by atoms with Gasteiger partial charge in [0.05, 0.1) is 14.2 Å². The Balaban J connectivity index is 1.87. The molecule has 0 amide bonds. The molecular weight excluding hydrogens is 269 g/mol. The van der Waals surface area contributed by atoms with Gasteiger partial charge in [-0.1, -0.05) is 0 Å². The molecule has 1 aromatic rings. The summed E-state index contributed by atoms with van der Waals surface area (Å²) in [5.74, 6) is 0.823. The summed E-state index contributed by atoms with van der Waals surface area (Å²) < 4.78 is 26.8. The highest BCUT2D eigenvalue weighted by atomic mass is 31.2. The molecule has 2 aliphatic rings. The molecule has 19 heavy (non-hydrogen) atoms. The Morgan fingerprint density at radius 3 is 2.26 bits per heavy atom. The maximum atomic E-state index is 12.9. The van der Waals surface area contributed by atoms with E-state index in [9.17, 15) is 4.57 Å². The van der Waals surface area contributed by atoms with Crippen molar-refractivity contribution >= 4 is 13.4 Å². The predicted molar refractivity (Wildman–Crippen MR) is 69.5 cm³/mol. The lowest BCUT2D eigenvalue weighted by Gasteiger charge is -2.21. The van der Waals surface area contributed by atoms with E-state index in [1.165, 1.54) is 14.2 Å². The van der Waals surface area contributed by atoms with E-state index in [2.05, 4.69) is 15.1 Å². The monoisotopic (exact) mass is 285 g/mol. The first kappa shape index (κ1) is 12.7. The molecule has 0 aromatic carbocycles. The third kappa shape index (κ3) is 2.51. The third-order valence-electron chi connectivity index (χ3n) is 2.95. The second-order valence-electron chi connectivity index (χ2n) is 4.35. The maximum absolute atomic E-state index is 12.9. The molecule has 1 aromatic heterocycles. The van der Waals surface area contributed by atoms with E-state index < -0.39 is 7.59 Å². The smallest absolute Gasteiger partial charge is 0.321 e. The van der Waals surface area contributed by atoms with Crippen LogP contribution in [0.5, 0.6) is 11.9 Å². The van der Waals surface area contributed by atoms with Crippen LogP contribution in [-0.4, -0.2) is 59.7 Å². The molecule has 2 saturated heterocycles. The standard InChI is InChI=1S/C10H16N5O3P/c1-17-9-7-8(11-10(12-9)18-2)13-19(16,14-3-4-14)15-5-6-15/h7H,3-6H2,1-2H3,(H,11,12,13,16). The average Bonchev–Trinajstić information content (AvgIpc) is 3.30. The van der Waals surface area contributed by atoms with Crippen LogP contribution in [0.4, 0.5) is 5.82 Å². The molecule has 0 unspecified atom stereocenters. The van der Waals surface area contributed by atoms with E-state index in [1.807, 2.05) is 9.34 Å². The molecule has 0 radical (unpaired) electrons. The Hall–Kier alpha value is -1.37. The summed E-state index contributed by atoms with van der Waals surface area (Å²) in [7, 11) is 0.285. The van der Waals surface area contributed by atoms with Gasteiger partial charge in [-0.2, -0.15) is 9.97 Å². The second kappa shape index (κ2) is 4.63. The van der Waals surface area contributed by atoms with Crippen LogP contribution in [0.15, 0.2) is 6.07 Å². The number of nitrogens with zero attached hydrogens (tertiary/aromatic N) is 4. The minimum atomic E-state index is -2.71. The summed E-state index contributed by atoms with van der Waals surface area (Å²) in [4.78, 5) is 8.16. The maximum Gasteiger partial charge on any atom is 0.321 e. The van der Waals surface area contributed by atoms with Gasteiger partial charge in [-0.25, -0.2) is 9.34 Å². The molecule has 2 aliphatic heterocycles. The topological polar surface area (TPSA) is 79.4 Å². The Morgan fingerprint density at radius 2 is 1.79 bits per heavy atom. The third-order valence-corrected chi connectivity index (χ3v) is 5.80. The average molecular weight is 285 g/mol. The number of nitrogens with one attached hydrogen (secondary N) is 1. The molecule has 3 heterocycles. The van der Waals surface area contributed by atoms with Crippen molar-refractivity contribution in [1.29, 1.82) is 0 Å². The summed E-state index contributed by atoms with van der Waals surface area (Å²) >= 11 is 0. The Morgan fingerprint density at radius 1 is 1.16 bits per heavy atom. The first-order valence-electron chi connectivity index (χ1n) is 6.02. The van der Waals surface area contributed by atoms with Crippen molar-refractivity contribution in [3.8, 4) is 11.9 Å². The van der Waals surface area contributed by atoms with Crippen LogP contribution in [-0.2, 0) is 4.57 Å². The minimum absolute atomic E-state index is 0.185. The summed E-state index contributed by atoms with van der Waals surface area (Å²) in [6.45, 7) is 3.39. The molecule has 8 nitrogen and oxygen atoms in total. The normalized spacial score (nSPS) is 19.1. The van der Waals surface area contributed by atoms with Crippen LogP contribution in [0, 0.1) is 0 Å². The highest BCUT2D eigenvalue weighted by molar-refractivity contribution is 7.61. The molecule has 104 valence electrons. The fourth-order valence-electron chi connectivity index (χ4n) is 1.76. The van der Waals surface area contributed by atoms with Crippen molar-refractivity contribution < 1.29 is 14.0 Å². The summed E-state index contributed by atoms with van der Waals surface area (Å²) in [5, 5.41) is 3.02. The lowest BCUT2D eigenvalue weighted by atomic mass is 10.6. The number of hydrogen-bond acceptors (Lipinski definition) is 5. The van der Waals surface area contributed by atoms with Gasteiger partial charge in [0.2, 0.25) is 5.88 Å². The zero-order valence-corrected chi connectivity index (χ0v) is 11.8. The van der Waals surface area contributed by atoms with Gasteiger partial charge in [-0.05, 0) is 0 Å². The molecule has 0 saturated carbocycles. The molecule has 3 rings (SSSR count). The first-order valence-corrected chi connectivity index (χ1v) is 7.63. The molecule has 2 fully saturated rings. The Labute approximate surface area is 111 Å². The number of methoxy groups -OCH3 is 2. The minimum Gasteiger partial charge on any atom is -0.481 e. The molecule has 0 bridgehead atoms. The van der Waals surface area contributed by atoms with Gasteiger partial charge in [-0.15, -0.1) is 0 Å².